The fourth-order valence-electron chi connectivity index (χ4n) is 4.63. The Hall–Kier alpha value is -4.67. The molecule has 2 aromatic heterocycles. The van der Waals surface area contributed by atoms with Crippen molar-refractivity contribution in [1.82, 2.24) is 24.4 Å². The minimum Gasteiger partial charge on any atom is -0.484 e. The Bertz CT molecular complexity index is 1640. The van der Waals surface area contributed by atoms with Crippen LogP contribution in [0.25, 0.3) is 11.0 Å². The second-order valence-electron chi connectivity index (χ2n) is 10.1. The van der Waals surface area contributed by atoms with Gasteiger partial charge >= 0.3 is 5.97 Å². The topological polar surface area (TPSA) is 136 Å². The van der Waals surface area contributed by atoms with E-state index in [-0.39, 0.29) is 35.1 Å². The number of likely N-dealkylation sites (tertiary alicyclic amines) is 1. The zero-order valence-electron chi connectivity index (χ0n) is 23.5. The Kier molecular flexibility index (Phi) is 9.38. The number of aromatic carboxylic acids is 1. The highest BCUT2D eigenvalue weighted by molar-refractivity contribution is 5.92. The van der Waals surface area contributed by atoms with Crippen molar-refractivity contribution in [1.29, 1.82) is 5.26 Å². The van der Waals surface area contributed by atoms with Crippen LogP contribution in [0.15, 0.2) is 42.6 Å². The monoisotopic (exact) mass is 592 g/mol. The van der Waals surface area contributed by atoms with Crippen molar-refractivity contribution >= 4 is 17.0 Å². The molecule has 2 saturated heterocycles. The van der Waals surface area contributed by atoms with E-state index in [9.17, 15) is 18.7 Å². The number of ether oxygens (including phenoxy) is 3. The number of halogens is 2. The summed E-state index contributed by atoms with van der Waals surface area (Å²) in [5, 5.41) is 18.4. The van der Waals surface area contributed by atoms with Gasteiger partial charge < -0.3 is 23.9 Å². The highest BCUT2D eigenvalue weighted by atomic mass is 19.1. The maximum absolute atomic E-state index is 14.4. The molecule has 4 aromatic rings. The molecule has 43 heavy (non-hydrogen) atoms. The Balaban J connectivity index is 0.000000850. The van der Waals surface area contributed by atoms with Gasteiger partial charge in [0.2, 0.25) is 5.88 Å². The molecule has 13 heteroatoms. The van der Waals surface area contributed by atoms with E-state index in [1.165, 1.54) is 24.6 Å². The lowest BCUT2D eigenvalue weighted by Crippen LogP contribution is -2.38. The Morgan fingerprint density at radius 1 is 1.16 bits per heavy atom. The van der Waals surface area contributed by atoms with Crippen molar-refractivity contribution in [2.45, 2.75) is 38.5 Å². The summed E-state index contributed by atoms with van der Waals surface area (Å²) in [5.74, 6) is -0.714. The number of aromatic nitrogens is 4. The first kappa shape index (κ1) is 29.8. The molecule has 0 amide bonds. The van der Waals surface area contributed by atoms with Gasteiger partial charge in [0.05, 0.1) is 23.2 Å². The lowest BCUT2D eigenvalue weighted by molar-refractivity contribution is 0.0367. The van der Waals surface area contributed by atoms with E-state index >= 15 is 0 Å². The number of hydrogen-bond donors (Lipinski definition) is 1. The summed E-state index contributed by atoms with van der Waals surface area (Å²) in [4.78, 5) is 26.4. The molecule has 0 unspecified atom stereocenters. The first-order chi connectivity index (χ1) is 20.8. The van der Waals surface area contributed by atoms with Gasteiger partial charge in [-0.05, 0) is 49.6 Å². The number of rotatable bonds is 8. The predicted octanol–water partition coefficient (Wildman–Crippen LogP) is 4.24. The largest absolute Gasteiger partial charge is 0.484 e. The molecule has 0 atom stereocenters. The van der Waals surface area contributed by atoms with Gasteiger partial charge in [0.15, 0.2) is 11.6 Å². The summed E-state index contributed by atoms with van der Waals surface area (Å²) in [6, 6.07) is 9.68. The maximum atomic E-state index is 14.4. The van der Waals surface area contributed by atoms with E-state index in [1.807, 2.05) is 6.07 Å². The fraction of sp³-hybridized carbons (Fsp3) is 0.367. The molecular formula is C30H30F2N6O5. The fourth-order valence-corrected chi connectivity index (χ4v) is 4.63. The third-order valence-corrected chi connectivity index (χ3v) is 7.14. The number of nitriles is 1. The van der Waals surface area contributed by atoms with Gasteiger partial charge in [-0.25, -0.2) is 23.5 Å². The molecule has 0 radical (unpaired) electrons. The minimum absolute atomic E-state index is 0.0114. The van der Waals surface area contributed by atoms with Gasteiger partial charge in [-0.3, -0.25) is 4.90 Å². The van der Waals surface area contributed by atoms with Crippen LogP contribution in [0.2, 0.25) is 0 Å². The summed E-state index contributed by atoms with van der Waals surface area (Å²) in [6.07, 6.45) is 4.24. The van der Waals surface area contributed by atoms with Crippen LogP contribution in [0.5, 0.6) is 11.6 Å². The van der Waals surface area contributed by atoms with Crippen molar-refractivity contribution < 1.29 is 32.9 Å². The van der Waals surface area contributed by atoms with E-state index in [4.69, 9.17) is 19.5 Å². The molecule has 6 rings (SSSR count). The van der Waals surface area contributed by atoms with E-state index in [0.717, 1.165) is 51.3 Å². The number of benzene rings is 2. The van der Waals surface area contributed by atoms with Crippen LogP contribution >= 0.6 is 0 Å². The highest BCUT2D eigenvalue weighted by Crippen LogP contribution is 2.24. The number of carboxylic acid groups (broad SMARTS) is 1. The molecule has 1 N–H and O–H groups in total. The lowest BCUT2D eigenvalue weighted by Gasteiger charge is -2.31. The van der Waals surface area contributed by atoms with Crippen molar-refractivity contribution in [2.24, 2.45) is 7.05 Å². The SMILES string of the molecule is C1COC1.Cn1c(CN2CCC(Oc3ccnc(COc4ccc(F)cc4C#N)n3)CC2)nc2c(F)cc(C(=O)O)cc21. The number of fused-ring (bicyclic) bond motifs is 1. The molecule has 2 fully saturated rings. The van der Waals surface area contributed by atoms with E-state index in [2.05, 4.69) is 19.9 Å². The van der Waals surface area contributed by atoms with Gasteiger partial charge in [0.25, 0.3) is 0 Å². The first-order valence-corrected chi connectivity index (χ1v) is 13.8. The Morgan fingerprint density at radius 3 is 2.58 bits per heavy atom. The van der Waals surface area contributed by atoms with Crippen molar-refractivity contribution in [3.8, 4) is 17.7 Å². The summed E-state index contributed by atoms with van der Waals surface area (Å²) >= 11 is 0. The first-order valence-electron chi connectivity index (χ1n) is 13.8. The maximum Gasteiger partial charge on any atom is 0.335 e. The number of piperidine rings is 1. The smallest absolute Gasteiger partial charge is 0.335 e. The molecular weight excluding hydrogens is 562 g/mol. The van der Waals surface area contributed by atoms with Crippen LogP contribution in [0.3, 0.4) is 0 Å². The lowest BCUT2D eigenvalue weighted by atomic mass is 10.1. The van der Waals surface area contributed by atoms with Crippen molar-refractivity contribution in [3.63, 3.8) is 0 Å². The van der Waals surface area contributed by atoms with Gasteiger partial charge in [-0.1, -0.05) is 0 Å². The minimum atomic E-state index is -1.19. The molecule has 2 aliphatic rings. The van der Waals surface area contributed by atoms with Crippen molar-refractivity contribution in [2.75, 3.05) is 26.3 Å². The van der Waals surface area contributed by atoms with E-state index < -0.39 is 17.6 Å². The summed E-state index contributed by atoms with van der Waals surface area (Å²) in [7, 11) is 1.75. The van der Waals surface area contributed by atoms with Crippen molar-refractivity contribution in [3.05, 3.63) is 77.0 Å². The molecule has 0 aliphatic carbocycles. The zero-order chi connectivity index (χ0) is 30.3. The van der Waals surface area contributed by atoms with Crippen LogP contribution in [0.4, 0.5) is 8.78 Å². The Morgan fingerprint density at radius 2 is 1.91 bits per heavy atom. The number of imidazole rings is 1. The molecule has 2 aliphatic heterocycles. The number of carbonyl (C=O) groups is 1. The summed E-state index contributed by atoms with van der Waals surface area (Å²) in [5.41, 5.74) is 0.562. The van der Waals surface area contributed by atoms with Gasteiger partial charge in [-0.15, -0.1) is 0 Å². The number of aryl methyl sites for hydroxylation is 1. The normalized spacial score (nSPS) is 15.2. The van der Waals surface area contributed by atoms with Gasteiger partial charge in [0.1, 0.15) is 41.7 Å². The summed E-state index contributed by atoms with van der Waals surface area (Å²) in [6.45, 7) is 3.92. The number of carboxylic acids is 1. The number of hydrogen-bond acceptors (Lipinski definition) is 9. The van der Waals surface area contributed by atoms with E-state index in [1.54, 1.807) is 23.9 Å². The molecule has 0 bridgehead atoms. The second-order valence-corrected chi connectivity index (χ2v) is 10.1. The molecule has 0 spiro atoms. The standard InChI is InChI=1S/C27H24F2N6O4.C3H6O/c1-34-21-12-16(27(36)37)11-20(29)26(21)33-24(34)14-35-8-5-19(6-9-35)39-25-4-7-31-23(32-25)15-38-22-3-2-18(28)10-17(22)13-30;1-2-4-3-1/h2-4,7,10-12,19H,5-6,8-9,14-15H2,1H3,(H,36,37);1-3H2. The van der Waals surface area contributed by atoms with Gasteiger partial charge in [0, 0.05) is 45.6 Å². The predicted molar refractivity (Wildman–Crippen MR) is 149 cm³/mol. The Labute approximate surface area is 246 Å². The van der Waals surface area contributed by atoms with Crippen LogP contribution < -0.4 is 9.47 Å². The molecule has 11 nitrogen and oxygen atoms in total. The van der Waals surface area contributed by atoms with Crippen LogP contribution in [-0.2, 0) is 24.9 Å². The quantitative estimate of drug-likeness (QED) is 0.316. The average Bonchev–Trinajstić information content (AvgIpc) is 3.28. The molecule has 2 aromatic carbocycles. The zero-order valence-corrected chi connectivity index (χ0v) is 23.5. The molecule has 0 saturated carbocycles. The molecule has 224 valence electrons. The number of nitrogens with zero attached hydrogens (tertiary/aromatic N) is 6. The van der Waals surface area contributed by atoms with Crippen LogP contribution in [-0.4, -0.2) is 67.9 Å². The highest BCUT2D eigenvalue weighted by Gasteiger charge is 2.24. The molecule has 4 heterocycles. The third kappa shape index (κ3) is 7.40. The van der Waals surface area contributed by atoms with Crippen LogP contribution in [0.1, 0.15) is 46.8 Å². The summed E-state index contributed by atoms with van der Waals surface area (Å²) < 4.78 is 45.9. The third-order valence-electron chi connectivity index (χ3n) is 7.14. The average molecular weight is 593 g/mol. The van der Waals surface area contributed by atoms with Gasteiger partial charge in [-0.2, -0.15) is 10.2 Å². The van der Waals surface area contributed by atoms with E-state index in [0.29, 0.717) is 29.6 Å². The second kappa shape index (κ2) is 13.5. The van der Waals surface area contributed by atoms with Crippen LogP contribution in [0, 0.1) is 23.0 Å².